The second-order valence-corrected chi connectivity index (χ2v) is 5.01. The number of hydrogen-bond acceptors (Lipinski definition) is 2. The Kier molecular flexibility index (Phi) is 7.78. The lowest BCUT2D eigenvalue weighted by atomic mass is 9.97. The van der Waals surface area contributed by atoms with Gasteiger partial charge in [-0.1, -0.05) is 50.5 Å². The lowest BCUT2D eigenvalue weighted by molar-refractivity contribution is -0.134. The summed E-state index contributed by atoms with van der Waals surface area (Å²) in [6.07, 6.45) is 15.8. The zero-order valence-electron chi connectivity index (χ0n) is 11.2. The lowest BCUT2D eigenvalue weighted by Gasteiger charge is -2.09. The maximum atomic E-state index is 11.3. The highest BCUT2D eigenvalue weighted by Crippen LogP contribution is 2.20. The van der Waals surface area contributed by atoms with Gasteiger partial charge in [-0.2, -0.15) is 0 Å². The summed E-state index contributed by atoms with van der Waals surface area (Å²) in [4.78, 5) is 11.3. The van der Waals surface area contributed by atoms with Gasteiger partial charge in [0.15, 0.2) is 0 Å². The molecule has 1 fully saturated rings. The van der Waals surface area contributed by atoms with Gasteiger partial charge in [-0.05, 0) is 25.7 Å². The number of carbonyl (C=O) groups is 1. The van der Waals surface area contributed by atoms with E-state index in [0.717, 1.165) is 12.8 Å². The highest BCUT2D eigenvalue weighted by Gasteiger charge is 2.04. The van der Waals surface area contributed by atoms with Gasteiger partial charge >= 0.3 is 5.97 Å². The summed E-state index contributed by atoms with van der Waals surface area (Å²) in [5.74, 6) is -0.188. The average Bonchev–Trinajstić information content (AvgIpc) is 2.32. The Morgan fingerprint density at radius 1 is 0.882 bits per heavy atom. The van der Waals surface area contributed by atoms with Crippen LogP contribution in [0.1, 0.15) is 70.6 Å². The third kappa shape index (κ3) is 7.19. The highest BCUT2D eigenvalue weighted by molar-refractivity contribution is 5.82. The molecule has 0 unspecified atom stereocenters. The van der Waals surface area contributed by atoms with Gasteiger partial charge in [-0.3, -0.25) is 0 Å². The van der Waals surface area contributed by atoms with E-state index < -0.39 is 0 Å². The van der Waals surface area contributed by atoms with Crippen molar-refractivity contribution in [1.82, 2.24) is 0 Å². The predicted octanol–water partition coefficient (Wildman–Crippen LogP) is 4.39. The Morgan fingerprint density at radius 3 is 1.71 bits per heavy atom. The van der Waals surface area contributed by atoms with Crippen molar-refractivity contribution in [3.05, 3.63) is 11.6 Å². The molecule has 17 heavy (non-hydrogen) atoms. The van der Waals surface area contributed by atoms with E-state index in [2.05, 4.69) is 0 Å². The Labute approximate surface area is 105 Å². The van der Waals surface area contributed by atoms with Gasteiger partial charge in [0.05, 0.1) is 7.11 Å². The van der Waals surface area contributed by atoms with Crippen molar-refractivity contribution in [3.8, 4) is 0 Å². The van der Waals surface area contributed by atoms with Gasteiger partial charge < -0.3 is 4.74 Å². The Balaban J connectivity index is 2.42. The minimum atomic E-state index is -0.188. The van der Waals surface area contributed by atoms with E-state index in [1.54, 1.807) is 6.08 Å². The van der Waals surface area contributed by atoms with E-state index in [1.807, 2.05) is 0 Å². The van der Waals surface area contributed by atoms with Crippen LogP contribution in [0.3, 0.4) is 0 Å². The number of carbonyl (C=O) groups excluding carboxylic acids is 1. The Bertz CT molecular complexity index is 229. The molecule has 0 N–H and O–H groups in total. The van der Waals surface area contributed by atoms with Crippen LogP contribution >= 0.6 is 0 Å². The van der Waals surface area contributed by atoms with Gasteiger partial charge in [0.1, 0.15) is 0 Å². The smallest absolute Gasteiger partial charge is 0.330 e. The summed E-state index contributed by atoms with van der Waals surface area (Å²) in [6, 6.07) is 0. The SMILES string of the molecule is COC(=O)C=C1CCCCCCCCCCC1. The van der Waals surface area contributed by atoms with Crippen molar-refractivity contribution in [2.75, 3.05) is 7.11 Å². The molecule has 0 spiro atoms. The summed E-state index contributed by atoms with van der Waals surface area (Å²) in [6.45, 7) is 0. The maximum Gasteiger partial charge on any atom is 0.330 e. The molecule has 2 nitrogen and oxygen atoms in total. The average molecular weight is 238 g/mol. The van der Waals surface area contributed by atoms with Crippen LogP contribution in [0.5, 0.6) is 0 Å². The zero-order valence-corrected chi connectivity index (χ0v) is 11.2. The van der Waals surface area contributed by atoms with Gasteiger partial charge in [0.25, 0.3) is 0 Å². The molecule has 1 rings (SSSR count). The molecule has 1 aliphatic rings. The quantitative estimate of drug-likeness (QED) is 0.500. The van der Waals surface area contributed by atoms with Gasteiger partial charge in [-0.25, -0.2) is 4.79 Å². The van der Waals surface area contributed by atoms with E-state index in [-0.39, 0.29) is 5.97 Å². The number of esters is 1. The van der Waals surface area contributed by atoms with Crippen molar-refractivity contribution in [2.45, 2.75) is 70.6 Å². The molecule has 1 aliphatic carbocycles. The van der Waals surface area contributed by atoms with E-state index in [1.165, 1.54) is 70.5 Å². The normalized spacial score (nSPS) is 19.9. The molecule has 0 heterocycles. The number of ether oxygens (including phenoxy) is 1. The number of allylic oxidation sites excluding steroid dienone is 1. The summed E-state index contributed by atoms with van der Waals surface area (Å²) in [5, 5.41) is 0. The van der Waals surface area contributed by atoms with Crippen LogP contribution in [-0.2, 0) is 9.53 Å². The monoisotopic (exact) mass is 238 g/mol. The van der Waals surface area contributed by atoms with Gasteiger partial charge in [0.2, 0.25) is 0 Å². The fraction of sp³-hybridized carbons (Fsp3) is 0.800. The number of rotatable bonds is 1. The molecule has 0 bridgehead atoms. The number of methoxy groups -OCH3 is 1. The third-order valence-corrected chi connectivity index (χ3v) is 3.52. The van der Waals surface area contributed by atoms with Crippen LogP contribution in [0.2, 0.25) is 0 Å². The highest BCUT2D eigenvalue weighted by atomic mass is 16.5. The van der Waals surface area contributed by atoms with Crippen LogP contribution < -0.4 is 0 Å². The summed E-state index contributed by atoms with van der Waals surface area (Å²) in [7, 11) is 1.45. The minimum Gasteiger partial charge on any atom is -0.466 e. The third-order valence-electron chi connectivity index (χ3n) is 3.52. The van der Waals surface area contributed by atoms with E-state index >= 15 is 0 Å². The van der Waals surface area contributed by atoms with E-state index in [0.29, 0.717) is 0 Å². The number of hydrogen-bond donors (Lipinski definition) is 0. The molecule has 0 atom stereocenters. The first kappa shape index (κ1) is 14.3. The molecule has 0 aromatic carbocycles. The molecular weight excluding hydrogens is 212 g/mol. The van der Waals surface area contributed by atoms with Gasteiger partial charge in [0, 0.05) is 6.08 Å². The fourth-order valence-electron chi connectivity index (χ4n) is 2.44. The van der Waals surface area contributed by atoms with Crippen molar-refractivity contribution in [3.63, 3.8) is 0 Å². The van der Waals surface area contributed by atoms with Crippen molar-refractivity contribution in [1.29, 1.82) is 0 Å². The van der Waals surface area contributed by atoms with E-state index in [9.17, 15) is 4.79 Å². The molecule has 1 saturated carbocycles. The Morgan fingerprint density at radius 2 is 1.29 bits per heavy atom. The molecule has 0 amide bonds. The van der Waals surface area contributed by atoms with Crippen LogP contribution in [0, 0.1) is 0 Å². The first-order valence-corrected chi connectivity index (χ1v) is 7.10. The summed E-state index contributed by atoms with van der Waals surface area (Å²) in [5.41, 5.74) is 1.29. The molecule has 2 heteroatoms. The second-order valence-electron chi connectivity index (χ2n) is 5.01. The largest absolute Gasteiger partial charge is 0.466 e. The fourth-order valence-corrected chi connectivity index (χ4v) is 2.44. The first-order chi connectivity index (χ1) is 8.33. The molecule has 0 aliphatic heterocycles. The van der Waals surface area contributed by atoms with Crippen LogP contribution in [-0.4, -0.2) is 13.1 Å². The van der Waals surface area contributed by atoms with Crippen LogP contribution in [0.25, 0.3) is 0 Å². The lowest BCUT2D eigenvalue weighted by Crippen LogP contribution is -1.98. The van der Waals surface area contributed by atoms with Crippen LogP contribution in [0.4, 0.5) is 0 Å². The molecule has 0 saturated heterocycles. The van der Waals surface area contributed by atoms with Crippen LogP contribution in [0.15, 0.2) is 11.6 Å². The zero-order chi connectivity index (χ0) is 12.3. The standard InChI is InChI=1S/C15H26O2/c1-17-15(16)13-14-11-9-7-5-3-2-4-6-8-10-12-14/h13H,2-12H2,1H3. The Hall–Kier alpha value is -0.790. The second kappa shape index (κ2) is 9.26. The van der Waals surface area contributed by atoms with Crippen molar-refractivity contribution < 1.29 is 9.53 Å². The molecule has 98 valence electrons. The summed E-state index contributed by atoms with van der Waals surface area (Å²) < 4.78 is 4.71. The molecule has 0 radical (unpaired) electrons. The summed E-state index contributed by atoms with van der Waals surface area (Å²) >= 11 is 0. The molecular formula is C15H26O2. The van der Waals surface area contributed by atoms with E-state index in [4.69, 9.17) is 4.74 Å². The predicted molar refractivity (Wildman–Crippen MR) is 70.9 cm³/mol. The topological polar surface area (TPSA) is 26.3 Å². The molecule has 0 aromatic heterocycles. The van der Waals surface area contributed by atoms with Crippen molar-refractivity contribution >= 4 is 5.97 Å². The van der Waals surface area contributed by atoms with Gasteiger partial charge in [-0.15, -0.1) is 0 Å². The molecule has 0 aromatic rings. The minimum absolute atomic E-state index is 0.188. The first-order valence-electron chi connectivity index (χ1n) is 7.10. The maximum absolute atomic E-state index is 11.3. The van der Waals surface area contributed by atoms with Crippen molar-refractivity contribution in [2.24, 2.45) is 0 Å².